The topological polar surface area (TPSA) is 98.5 Å². The third-order valence-electron chi connectivity index (χ3n) is 3.30. The minimum atomic E-state index is -0.318. The lowest BCUT2D eigenvalue weighted by molar-refractivity contribution is -0.120. The maximum absolute atomic E-state index is 12.1. The van der Waals surface area contributed by atoms with E-state index in [0.29, 0.717) is 42.9 Å². The molecular formula is C15H18N4O4. The highest BCUT2D eigenvalue weighted by molar-refractivity contribution is 5.95. The SMILES string of the molecule is Cc1nc(COc2ccc(NC(=O)C3COCCN3)cc2)no1. The van der Waals surface area contributed by atoms with Gasteiger partial charge in [0, 0.05) is 19.2 Å². The quantitative estimate of drug-likeness (QED) is 0.844. The maximum atomic E-state index is 12.1. The van der Waals surface area contributed by atoms with E-state index in [2.05, 4.69) is 20.8 Å². The molecule has 1 unspecified atom stereocenters. The zero-order chi connectivity index (χ0) is 16.1. The van der Waals surface area contributed by atoms with Crippen LogP contribution in [0, 0.1) is 6.92 Å². The van der Waals surface area contributed by atoms with Crippen molar-refractivity contribution in [3.63, 3.8) is 0 Å². The van der Waals surface area contributed by atoms with Gasteiger partial charge in [-0.2, -0.15) is 4.98 Å². The molecule has 1 atom stereocenters. The Kier molecular flexibility index (Phi) is 4.84. The van der Waals surface area contributed by atoms with Gasteiger partial charge >= 0.3 is 0 Å². The molecule has 1 aromatic carbocycles. The zero-order valence-electron chi connectivity index (χ0n) is 12.7. The van der Waals surface area contributed by atoms with E-state index in [1.54, 1.807) is 31.2 Å². The molecule has 0 radical (unpaired) electrons. The number of rotatable bonds is 5. The van der Waals surface area contributed by atoms with Gasteiger partial charge in [0.1, 0.15) is 11.8 Å². The lowest BCUT2D eigenvalue weighted by Gasteiger charge is -2.22. The number of amides is 1. The van der Waals surface area contributed by atoms with E-state index in [0.717, 1.165) is 0 Å². The Morgan fingerprint density at radius 3 is 2.91 bits per heavy atom. The van der Waals surface area contributed by atoms with Crippen molar-refractivity contribution in [1.82, 2.24) is 15.5 Å². The Labute approximate surface area is 133 Å². The number of morpholine rings is 1. The highest BCUT2D eigenvalue weighted by Crippen LogP contribution is 2.17. The Balaban J connectivity index is 1.51. The molecule has 8 nitrogen and oxygen atoms in total. The largest absolute Gasteiger partial charge is 0.485 e. The van der Waals surface area contributed by atoms with Crippen LogP contribution in [0.5, 0.6) is 5.75 Å². The summed E-state index contributed by atoms with van der Waals surface area (Å²) in [5, 5.41) is 9.70. The van der Waals surface area contributed by atoms with Crippen molar-refractivity contribution in [3.8, 4) is 5.75 Å². The van der Waals surface area contributed by atoms with Gasteiger partial charge in [-0.15, -0.1) is 0 Å². The summed E-state index contributed by atoms with van der Waals surface area (Å²) in [4.78, 5) is 16.1. The second-order valence-corrected chi connectivity index (χ2v) is 5.11. The standard InChI is InChI=1S/C15H18N4O4/c1-10-17-14(19-23-10)9-22-12-4-2-11(3-5-12)18-15(20)13-8-21-7-6-16-13/h2-5,13,16H,6-9H2,1H3,(H,18,20). The maximum Gasteiger partial charge on any atom is 0.243 e. The molecule has 1 aliphatic rings. The summed E-state index contributed by atoms with van der Waals surface area (Å²) < 4.78 is 15.7. The van der Waals surface area contributed by atoms with Crippen LogP contribution in [-0.4, -0.2) is 41.8 Å². The fraction of sp³-hybridized carbons (Fsp3) is 0.400. The van der Waals surface area contributed by atoms with Crippen LogP contribution < -0.4 is 15.4 Å². The number of carbonyl (C=O) groups excluding carboxylic acids is 1. The monoisotopic (exact) mass is 318 g/mol. The number of aryl methyl sites for hydroxylation is 1. The molecule has 23 heavy (non-hydrogen) atoms. The molecule has 0 aliphatic carbocycles. The number of nitrogens with one attached hydrogen (secondary N) is 2. The van der Waals surface area contributed by atoms with Crippen LogP contribution >= 0.6 is 0 Å². The second-order valence-electron chi connectivity index (χ2n) is 5.11. The molecule has 1 aliphatic heterocycles. The fourth-order valence-corrected chi connectivity index (χ4v) is 2.15. The molecule has 2 aromatic rings. The first kappa shape index (κ1) is 15.4. The number of ether oxygens (including phenoxy) is 2. The molecule has 3 rings (SSSR count). The lowest BCUT2D eigenvalue weighted by Crippen LogP contribution is -2.48. The first-order chi connectivity index (χ1) is 11.2. The van der Waals surface area contributed by atoms with Crippen LogP contribution in [0.25, 0.3) is 0 Å². The van der Waals surface area contributed by atoms with E-state index in [9.17, 15) is 4.79 Å². The third-order valence-corrected chi connectivity index (χ3v) is 3.30. The molecule has 0 spiro atoms. The van der Waals surface area contributed by atoms with Gasteiger partial charge < -0.3 is 24.6 Å². The summed E-state index contributed by atoms with van der Waals surface area (Å²) >= 11 is 0. The number of nitrogens with zero attached hydrogens (tertiary/aromatic N) is 2. The summed E-state index contributed by atoms with van der Waals surface area (Å²) in [5.74, 6) is 1.54. The fourth-order valence-electron chi connectivity index (χ4n) is 2.15. The number of aromatic nitrogens is 2. The number of hydrogen-bond acceptors (Lipinski definition) is 7. The molecule has 122 valence electrons. The highest BCUT2D eigenvalue weighted by Gasteiger charge is 2.20. The molecule has 1 amide bonds. The minimum Gasteiger partial charge on any atom is -0.485 e. The van der Waals surface area contributed by atoms with Gasteiger partial charge in [-0.05, 0) is 24.3 Å². The molecule has 1 saturated heterocycles. The van der Waals surface area contributed by atoms with Crippen LogP contribution in [0.2, 0.25) is 0 Å². The lowest BCUT2D eigenvalue weighted by atomic mass is 10.2. The normalized spacial score (nSPS) is 17.7. The van der Waals surface area contributed by atoms with Gasteiger partial charge in [0.2, 0.25) is 17.6 Å². The average molecular weight is 318 g/mol. The van der Waals surface area contributed by atoms with E-state index in [1.807, 2.05) is 0 Å². The molecular weight excluding hydrogens is 300 g/mol. The Hall–Kier alpha value is -2.45. The van der Waals surface area contributed by atoms with Crippen molar-refractivity contribution < 1.29 is 18.8 Å². The molecule has 1 fully saturated rings. The third kappa shape index (κ3) is 4.27. The van der Waals surface area contributed by atoms with Crippen LogP contribution in [0.4, 0.5) is 5.69 Å². The van der Waals surface area contributed by atoms with Crippen molar-refractivity contribution in [2.45, 2.75) is 19.6 Å². The number of carbonyl (C=O) groups is 1. The summed E-state index contributed by atoms with van der Waals surface area (Å²) in [5.41, 5.74) is 0.699. The van der Waals surface area contributed by atoms with Gasteiger partial charge in [0.15, 0.2) is 6.61 Å². The Bertz CT molecular complexity index is 650. The highest BCUT2D eigenvalue weighted by atomic mass is 16.5. The van der Waals surface area contributed by atoms with Crippen molar-refractivity contribution in [2.75, 3.05) is 25.1 Å². The van der Waals surface area contributed by atoms with E-state index >= 15 is 0 Å². The van der Waals surface area contributed by atoms with Crippen molar-refractivity contribution in [2.24, 2.45) is 0 Å². The predicted octanol–water partition coefficient (Wildman–Crippen LogP) is 0.884. The van der Waals surface area contributed by atoms with E-state index < -0.39 is 0 Å². The average Bonchev–Trinajstić information content (AvgIpc) is 3.00. The summed E-state index contributed by atoms with van der Waals surface area (Å²) in [6, 6.07) is 6.78. The van der Waals surface area contributed by atoms with Crippen LogP contribution in [-0.2, 0) is 16.1 Å². The first-order valence-corrected chi connectivity index (χ1v) is 7.35. The molecule has 8 heteroatoms. The van der Waals surface area contributed by atoms with Gasteiger partial charge in [-0.1, -0.05) is 5.16 Å². The second kappa shape index (κ2) is 7.21. The van der Waals surface area contributed by atoms with E-state index in [1.165, 1.54) is 0 Å². The Morgan fingerprint density at radius 2 is 2.26 bits per heavy atom. The van der Waals surface area contributed by atoms with Crippen LogP contribution in [0.3, 0.4) is 0 Å². The van der Waals surface area contributed by atoms with Gasteiger partial charge in [0.25, 0.3) is 0 Å². The number of hydrogen-bond donors (Lipinski definition) is 2. The molecule has 2 heterocycles. The van der Waals surface area contributed by atoms with Crippen LogP contribution in [0.1, 0.15) is 11.7 Å². The summed E-state index contributed by atoms with van der Waals surface area (Å²) in [7, 11) is 0. The molecule has 0 bridgehead atoms. The zero-order valence-corrected chi connectivity index (χ0v) is 12.7. The molecule has 1 aromatic heterocycles. The Morgan fingerprint density at radius 1 is 1.43 bits per heavy atom. The van der Waals surface area contributed by atoms with Gasteiger partial charge in [-0.25, -0.2) is 0 Å². The smallest absolute Gasteiger partial charge is 0.243 e. The number of anilines is 1. The molecule has 0 saturated carbocycles. The predicted molar refractivity (Wildman–Crippen MR) is 81.0 cm³/mol. The van der Waals surface area contributed by atoms with Gasteiger partial charge in [0.05, 0.1) is 13.2 Å². The molecule has 2 N–H and O–H groups in total. The number of benzene rings is 1. The van der Waals surface area contributed by atoms with E-state index in [-0.39, 0.29) is 18.6 Å². The van der Waals surface area contributed by atoms with Crippen LogP contribution in [0.15, 0.2) is 28.8 Å². The van der Waals surface area contributed by atoms with Crippen molar-refractivity contribution >= 4 is 11.6 Å². The van der Waals surface area contributed by atoms with Gasteiger partial charge in [-0.3, -0.25) is 4.79 Å². The van der Waals surface area contributed by atoms with Crippen molar-refractivity contribution in [1.29, 1.82) is 0 Å². The van der Waals surface area contributed by atoms with E-state index in [4.69, 9.17) is 14.0 Å². The summed E-state index contributed by atoms with van der Waals surface area (Å²) in [6.45, 7) is 3.65. The van der Waals surface area contributed by atoms with Crippen molar-refractivity contribution in [3.05, 3.63) is 36.0 Å². The summed E-state index contributed by atoms with van der Waals surface area (Å²) in [6.07, 6.45) is 0. The minimum absolute atomic E-state index is 0.111. The first-order valence-electron chi connectivity index (χ1n) is 7.35.